The third kappa shape index (κ3) is 3.30. The van der Waals surface area contributed by atoms with E-state index in [2.05, 4.69) is 10.4 Å². The number of amides is 2. The Morgan fingerprint density at radius 2 is 1.85 bits per heavy atom. The Morgan fingerprint density at radius 3 is 2.54 bits per heavy atom. The van der Waals surface area contributed by atoms with Gasteiger partial charge in [-0.3, -0.25) is 0 Å². The fourth-order valence-corrected chi connectivity index (χ4v) is 3.87. The van der Waals surface area contributed by atoms with Gasteiger partial charge in [0, 0.05) is 17.5 Å². The summed E-state index contributed by atoms with van der Waals surface area (Å²) in [6.07, 6.45) is 1.76. The largest absolute Gasteiger partial charge is 0.335 e. The summed E-state index contributed by atoms with van der Waals surface area (Å²) in [7, 11) is 0. The molecule has 1 N–H and O–H groups in total. The molecule has 0 atom stereocenters. The lowest BCUT2D eigenvalue weighted by atomic mass is 9.86. The number of nitrogens with one attached hydrogen (secondary N) is 1. The van der Waals surface area contributed by atoms with Crippen LogP contribution >= 0.6 is 0 Å². The Labute approximate surface area is 151 Å². The van der Waals surface area contributed by atoms with Crippen LogP contribution in [0.3, 0.4) is 0 Å². The molecule has 4 rings (SSSR count). The number of carbonyl (C=O) groups is 1. The van der Waals surface area contributed by atoms with E-state index in [-0.39, 0.29) is 12.1 Å². The predicted molar refractivity (Wildman–Crippen MR) is 93.1 cm³/mol. The highest BCUT2D eigenvalue weighted by molar-refractivity contribution is 5.75. The molecule has 0 unspecified atom stereocenters. The van der Waals surface area contributed by atoms with E-state index in [1.807, 2.05) is 41.2 Å². The van der Waals surface area contributed by atoms with Crippen LogP contribution < -0.4 is 5.32 Å². The lowest BCUT2D eigenvalue weighted by Crippen LogP contribution is -2.44. The molecule has 1 aliphatic carbocycles. The van der Waals surface area contributed by atoms with Gasteiger partial charge in [0.15, 0.2) is 0 Å². The van der Waals surface area contributed by atoms with Crippen LogP contribution in [0.2, 0.25) is 0 Å². The van der Waals surface area contributed by atoms with E-state index in [4.69, 9.17) is 0 Å². The molecule has 1 fully saturated rings. The van der Waals surface area contributed by atoms with Crippen molar-refractivity contribution in [2.45, 2.75) is 51.2 Å². The van der Waals surface area contributed by atoms with Gasteiger partial charge in [-0.15, -0.1) is 0 Å². The number of aromatic nitrogens is 2. The molecule has 26 heavy (non-hydrogen) atoms. The van der Waals surface area contributed by atoms with Crippen molar-refractivity contribution in [2.75, 3.05) is 0 Å². The van der Waals surface area contributed by atoms with Crippen LogP contribution in [-0.2, 0) is 13.1 Å². The Bertz CT molecular complexity index is 769. The first kappa shape index (κ1) is 17.0. The number of rotatable bonds is 3. The number of benzene rings is 1. The summed E-state index contributed by atoms with van der Waals surface area (Å²) in [5.41, 5.74) is 3.04. The summed E-state index contributed by atoms with van der Waals surface area (Å²) in [6.45, 7) is 1.03. The van der Waals surface area contributed by atoms with E-state index >= 15 is 0 Å². The zero-order valence-corrected chi connectivity index (χ0v) is 14.4. The van der Waals surface area contributed by atoms with Crippen LogP contribution in [0.15, 0.2) is 36.5 Å². The Kier molecular flexibility index (Phi) is 4.61. The van der Waals surface area contributed by atoms with E-state index in [1.54, 1.807) is 4.90 Å². The topological polar surface area (TPSA) is 50.2 Å². The van der Waals surface area contributed by atoms with Gasteiger partial charge >= 0.3 is 6.03 Å². The van der Waals surface area contributed by atoms with Crippen molar-refractivity contribution in [1.82, 2.24) is 20.0 Å². The van der Waals surface area contributed by atoms with E-state index in [1.165, 1.54) is 0 Å². The number of urea groups is 1. The molecule has 1 aromatic heterocycles. The fourth-order valence-electron chi connectivity index (χ4n) is 3.87. The van der Waals surface area contributed by atoms with Gasteiger partial charge in [0.25, 0.3) is 0 Å². The minimum atomic E-state index is -2.25. The number of para-hydroxylation sites is 1. The summed E-state index contributed by atoms with van der Waals surface area (Å²) in [5, 5.41) is 7.45. The van der Waals surface area contributed by atoms with Gasteiger partial charge in [-0.1, -0.05) is 18.2 Å². The van der Waals surface area contributed by atoms with Crippen LogP contribution in [0, 0.1) is 5.92 Å². The van der Waals surface area contributed by atoms with E-state index in [0.29, 0.717) is 38.8 Å². The summed E-state index contributed by atoms with van der Waals surface area (Å²) >= 11 is 0. The summed E-state index contributed by atoms with van der Waals surface area (Å²) in [6, 6.07) is 9.70. The maximum absolute atomic E-state index is 12.7. The molecule has 2 aliphatic rings. The fraction of sp³-hybridized carbons (Fsp3) is 0.474. The minimum absolute atomic E-state index is 0.00756. The molecule has 0 radical (unpaired) electrons. The Balaban J connectivity index is 1.37. The standard InChI is InChI=1S/C19H22F2N4O/c20-18(21)13-6-8-15(9-7-13)23-19(26)24-11-14-10-22-25(17(14)12-24)16-4-2-1-3-5-16/h1-5,10,13,15,18H,6-9,11-12H2,(H,23,26). The number of nitrogens with zero attached hydrogens (tertiary/aromatic N) is 3. The van der Waals surface area contributed by atoms with Crippen molar-refractivity contribution in [3.8, 4) is 5.69 Å². The van der Waals surface area contributed by atoms with Gasteiger partial charge in [0.05, 0.1) is 30.7 Å². The number of carbonyl (C=O) groups excluding carboxylic acids is 1. The van der Waals surface area contributed by atoms with E-state index < -0.39 is 12.3 Å². The second-order valence-electron chi connectivity index (χ2n) is 7.12. The first-order valence-electron chi connectivity index (χ1n) is 9.06. The van der Waals surface area contributed by atoms with Gasteiger partial charge < -0.3 is 10.2 Å². The first-order valence-corrected chi connectivity index (χ1v) is 9.06. The highest BCUT2D eigenvalue weighted by Crippen LogP contribution is 2.30. The van der Waals surface area contributed by atoms with Gasteiger partial charge in [-0.25, -0.2) is 18.3 Å². The second kappa shape index (κ2) is 7.05. The number of alkyl halides is 2. The number of hydrogen-bond donors (Lipinski definition) is 1. The van der Waals surface area contributed by atoms with Crippen LogP contribution in [0.4, 0.5) is 13.6 Å². The van der Waals surface area contributed by atoms with Gasteiger partial charge in [0.2, 0.25) is 6.43 Å². The summed E-state index contributed by atoms with van der Waals surface area (Å²) in [4.78, 5) is 14.3. The van der Waals surface area contributed by atoms with Gasteiger partial charge in [-0.05, 0) is 37.8 Å². The average molecular weight is 360 g/mol. The first-order chi connectivity index (χ1) is 12.6. The molecular formula is C19H22F2N4O. The second-order valence-corrected chi connectivity index (χ2v) is 7.12. The molecule has 138 valence electrons. The van der Waals surface area contributed by atoms with E-state index in [0.717, 1.165) is 16.9 Å². The molecule has 7 heteroatoms. The lowest BCUT2D eigenvalue weighted by Gasteiger charge is -2.30. The molecule has 2 amide bonds. The molecule has 1 saturated carbocycles. The van der Waals surface area contributed by atoms with E-state index in [9.17, 15) is 13.6 Å². The van der Waals surface area contributed by atoms with Crippen LogP contribution in [0.1, 0.15) is 36.9 Å². The number of halogens is 2. The predicted octanol–water partition coefficient (Wildman–Crippen LogP) is 3.72. The third-order valence-corrected chi connectivity index (χ3v) is 5.40. The maximum Gasteiger partial charge on any atom is 0.318 e. The van der Waals surface area contributed by atoms with Crippen molar-refractivity contribution in [1.29, 1.82) is 0 Å². The molecular weight excluding hydrogens is 338 g/mol. The van der Waals surface area contributed by atoms with Crippen molar-refractivity contribution >= 4 is 6.03 Å². The minimum Gasteiger partial charge on any atom is -0.335 e. The van der Waals surface area contributed by atoms with Crippen LogP contribution in [-0.4, -0.2) is 33.2 Å². The molecule has 1 aromatic carbocycles. The quantitative estimate of drug-likeness (QED) is 0.907. The van der Waals surface area contributed by atoms with Crippen molar-refractivity contribution in [2.24, 2.45) is 5.92 Å². The zero-order chi connectivity index (χ0) is 18.1. The molecule has 0 spiro atoms. The van der Waals surface area contributed by atoms with Gasteiger partial charge in [0.1, 0.15) is 0 Å². The zero-order valence-electron chi connectivity index (χ0n) is 14.4. The molecule has 0 saturated heterocycles. The third-order valence-electron chi connectivity index (χ3n) is 5.40. The normalized spacial score (nSPS) is 22.5. The SMILES string of the molecule is O=C(NC1CCC(C(F)F)CC1)N1Cc2cnn(-c3ccccc3)c2C1. The number of fused-ring (bicyclic) bond motifs is 1. The molecule has 2 aromatic rings. The molecule has 2 heterocycles. The monoisotopic (exact) mass is 360 g/mol. The lowest BCUT2D eigenvalue weighted by molar-refractivity contribution is 0.0510. The summed E-state index contributed by atoms with van der Waals surface area (Å²) < 4.78 is 27.4. The highest BCUT2D eigenvalue weighted by atomic mass is 19.3. The molecule has 1 aliphatic heterocycles. The maximum atomic E-state index is 12.7. The van der Waals surface area contributed by atoms with Crippen molar-refractivity contribution in [3.05, 3.63) is 47.8 Å². The molecule has 0 bridgehead atoms. The van der Waals surface area contributed by atoms with Crippen LogP contribution in [0.5, 0.6) is 0 Å². The van der Waals surface area contributed by atoms with Crippen molar-refractivity contribution < 1.29 is 13.6 Å². The van der Waals surface area contributed by atoms with Crippen LogP contribution in [0.25, 0.3) is 5.69 Å². The highest BCUT2D eigenvalue weighted by Gasteiger charge is 2.31. The van der Waals surface area contributed by atoms with Gasteiger partial charge in [-0.2, -0.15) is 5.10 Å². The summed E-state index contributed by atoms with van der Waals surface area (Å²) in [5.74, 6) is -0.518. The Hall–Kier alpha value is -2.44. The average Bonchev–Trinajstić information content (AvgIpc) is 3.23. The van der Waals surface area contributed by atoms with Crippen molar-refractivity contribution in [3.63, 3.8) is 0 Å². The number of hydrogen-bond acceptors (Lipinski definition) is 2. The molecule has 5 nitrogen and oxygen atoms in total. The Morgan fingerprint density at radius 1 is 1.12 bits per heavy atom. The smallest absolute Gasteiger partial charge is 0.318 e.